The zero-order chi connectivity index (χ0) is 23.9. The molecule has 0 bridgehead atoms. The quantitative estimate of drug-likeness (QED) is 0.193. The second-order valence-corrected chi connectivity index (χ2v) is 8.88. The Balaban J connectivity index is 1.62. The molecule has 1 atom stereocenters. The summed E-state index contributed by atoms with van der Waals surface area (Å²) in [7, 11) is 0. The van der Waals surface area contributed by atoms with E-state index in [2.05, 4.69) is 26.9 Å². The third-order valence-electron chi connectivity index (χ3n) is 5.91. The molecule has 2 aromatic rings. The molecule has 2 heterocycles. The van der Waals surface area contributed by atoms with Crippen LogP contribution in [0.5, 0.6) is 0 Å². The number of aromatic nitrogens is 4. The van der Waals surface area contributed by atoms with Gasteiger partial charge in [-0.3, -0.25) is 14.6 Å². The molecule has 0 aliphatic heterocycles. The summed E-state index contributed by atoms with van der Waals surface area (Å²) in [6, 6.07) is 0. The number of anilines is 1. The topological polar surface area (TPSA) is 147 Å². The molecule has 0 aromatic carbocycles. The van der Waals surface area contributed by atoms with Crippen LogP contribution in [0.15, 0.2) is 4.79 Å². The number of rotatable bonds is 18. The van der Waals surface area contributed by atoms with Crippen molar-refractivity contribution >= 4 is 23.1 Å². The molecular weight excluding hydrogens is 422 g/mol. The average molecular weight is 464 g/mol. The highest BCUT2D eigenvalue weighted by Crippen LogP contribution is 2.15. The van der Waals surface area contributed by atoms with Gasteiger partial charge in [0.2, 0.25) is 5.95 Å². The Labute approximate surface area is 195 Å². The number of nitrogens with zero attached hydrogens (tertiary/aromatic N) is 2. The van der Waals surface area contributed by atoms with Gasteiger partial charge in [-0.05, 0) is 12.8 Å². The number of nitrogens with one attached hydrogen (secondary N) is 2. The number of carbonyl (C=O) groups is 1. The van der Waals surface area contributed by atoms with E-state index in [1.807, 2.05) is 0 Å². The summed E-state index contributed by atoms with van der Waals surface area (Å²) in [6.45, 7) is 2.43. The monoisotopic (exact) mass is 463 g/mol. The first-order valence-electron chi connectivity index (χ1n) is 12.5. The van der Waals surface area contributed by atoms with Gasteiger partial charge in [-0.2, -0.15) is 4.98 Å². The van der Waals surface area contributed by atoms with Crippen LogP contribution in [0.2, 0.25) is 0 Å². The highest BCUT2D eigenvalue weighted by atomic mass is 16.5. The normalized spacial score (nSPS) is 12.3. The minimum atomic E-state index is -0.381. The minimum Gasteiger partial charge on any atom is -0.465 e. The highest BCUT2D eigenvalue weighted by molar-refractivity contribution is 5.70. The highest BCUT2D eigenvalue weighted by Gasteiger charge is 2.16. The van der Waals surface area contributed by atoms with Gasteiger partial charge in [0.05, 0.1) is 6.61 Å². The number of unbranched alkanes of at least 4 members (excludes halogenated alkanes) is 10. The van der Waals surface area contributed by atoms with Crippen LogP contribution in [-0.4, -0.2) is 44.2 Å². The van der Waals surface area contributed by atoms with Crippen LogP contribution in [-0.2, 0) is 16.0 Å². The van der Waals surface area contributed by atoms with Crippen molar-refractivity contribution in [1.82, 2.24) is 19.9 Å². The van der Waals surface area contributed by atoms with E-state index < -0.39 is 0 Å². The van der Waals surface area contributed by atoms with Crippen molar-refractivity contribution in [2.45, 2.75) is 96.8 Å². The van der Waals surface area contributed by atoms with Crippen molar-refractivity contribution in [3.8, 4) is 0 Å². The van der Waals surface area contributed by atoms with Gasteiger partial charge >= 0.3 is 5.97 Å². The molecule has 0 radical (unpaired) electrons. The van der Waals surface area contributed by atoms with E-state index in [1.54, 1.807) is 0 Å². The van der Waals surface area contributed by atoms with Crippen LogP contribution >= 0.6 is 0 Å². The third-order valence-corrected chi connectivity index (χ3v) is 5.91. The maximum atomic E-state index is 12.1. The van der Waals surface area contributed by atoms with Gasteiger partial charge in [-0.25, -0.2) is 4.98 Å². The van der Waals surface area contributed by atoms with Gasteiger partial charge in [-0.15, -0.1) is 0 Å². The number of fused-ring (bicyclic) bond motifs is 1. The molecule has 0 saturated carbocycles. The number of ether oxygens (including phenoxy) is 1. The van der Waals surface area contributed by atoms with Crippen LogP contribution < -0.4 is 11.3 Å². The summed E-state index contributed by atoms with van der Waals surface area (Å²) in [5.74, 6) is 0.250. The molecule has 186 valence electrons. The third kappa shape index (κ3) is 10.4. The van der Waals surface area contributed by atoms with Gasteiger partial charge in [0, 0.05) is 25.4 Å². The Morgan fingerprint density at radius 2 is 1.64 bits per heavy atom. The first-order chi connectivity index (χ1) is 16.0. The van der Waals surface area contributed by atoms with Crippen LogP contribution in [0.1, 0.15) is 96.2 Å². The van der Waals surface area contributed by atoms with E-state index in [0.717, 1.165) is 12.8 Å². The van der Waals surface area contributed by atoms with E-state index in [9.17, 15) is 14.7 Å². The van der Waals surface area contributed by atoms with Gasteiger partial charge < -0.3 is 20.6 Å². The Bertz CT molecular complexity index is 879. The molecule has 9 nitrogen and oxygen atoms in total. The minimum absolute atomic E-state index is 0.00815. The summed E-state index contributed by atoms with van der Waals surface area (Å²) in [5, 5.41) is 9.36. The number of aliphatic hydroxyl groups excluding tert-OH is 1. The number of nitrogen functional groups attached to an aromatic ring is 1. The van der Waals surface area contributed by atoms with E-state index in [-0.39, 0.29) is 47.8 Å². The summed E-state index contributed by atoms with van der Waals surface area (Å²) in [4.78, 5) is 37.7. The van der Waals surface area contributed by atoms with Crippen molar-refractivity contribution in [3.05, 3.63) is 16.2 Å². The number of hydrogen-bond acceptors (Lipinski definition) is 7. The maximum Gasteiger partial charge on any atom is 0.305 e. The predicted octanol–water partition coefficient (Wildman–Crippen LogP) is 4.01. The number of aromatic amines is 2. The van der Waals surface area contributed by atoms with E-state index in [4.69, 9.17) is 10.5 Å². The van der Waals surface area contributed by atoms with Gasteiger partial charge in [0.1, 0.15) is 5.82 Å². The summed E-state index contributed by atoms with van der Waals surface area (Å²) < 4.78 is 5.44. The van der Waals surface area contributed by atoms with E-state index in [0.29, 0.717) is 25.1 Å². The fourth-order valence-electron chi connectivity index (χ4n) is 3.99. The number of hydrogen-bond donors (Lipinski definition) is 4. The number of imidazole rings is 1. The first-order valence-corrected chi connectivity index (χ1v) is 12.5. The van der Waals surface area contributed by atoms with Crippen molar-refractivity contribution in [2.75, 3.05) is 18.9 Å². The van der Waals surface area contributed by atoms with Gasteiger partial charge in [0.15, 0.2) is 11.2 Å². The zero-order valence-corrected chi connectivity index (χ0v) is 20.0. The second kappa shape index (κ2) is 15.4. The molecule has 33 heavy (non-hydrogen) atoms. The van der Waals surface area contributed by atoms with Crippen molar-refractivity contribution < 1.29 is 14.6 Å². The lowest BCUT2D eigenvalue weighted by molar-refractivity contribution is -0.145. The number of carbonyl (C=O) groups excluding carboxylic acids is 1. The summed E-state index contributed by atoms with van der Waals surface area (Å²) >= 11 is 0. The Kier molecular flexibility index (Phi) is 12.5. The van der Waals surface area contributed by atoms with Crippen LogP contribution in [0, 0.1) is 5.92 Å². The molecule has 9 heteroatoms. The molecule has 1 unspecified atom stereocenters. The number of esters is 1. The molecule has 0 saturated heterocycles. The van der Waals surface area contributed by atoms with Crippen LogP contribution in [0.4, 0.5) is 5.95 Å². The average Bonchev–Trinajstić information content (AvgIpc) is 3.18. The van der Waals surface area contributed by atoms with E-state index >= 15 is 0 Å². The van der Waals surface area contributed by atoms with E-state index in [1.165, 1.54) is 57.8 Å². The molecule has 0 spiro atoms. The Morgan fingerprint density at radius 3 is 2.27 bits per heavy atom. The lowest BCUT2D eigenvalue weighted by Crippen LogP contribution is -2.18. The predicted molar refractivity (Wildman–Crippen MR) is 130 cm³/mol. The SMILES string of the molecule is CCCCCCCCCCCCCC(=O)OCC(CCO)Cc1nc2nc(N)[nH]c(=O)c2[nH]1. The number of H-pyrrole nitrogens is 2. The molecule has 2 rings (SSSR count). The maximum absolute atomic E-state index is 12.1. The van der Waals surface area contributed by atoms with Crippen LogP contribution in [0.25, 0.3) is 11.2 Å². The van der Waals surface area contributed by atoms with Crippen LogP contribution in [0.3, 0.4) is 0 Å². The molecule has 5 N–H and O–H groups in total. The lowest BCUT2D eigenvalue weighted by Gasteiger charge is -2.14. The Hall–Kier alpha value is -2.42. The van der Waals surface area contributed by atoms with Crippen molar-refractivity contribution in [1.29, 1.82) is 0 Å². The Morgan fingerprint density at radius 1 is 1.00 bits per heavy atom. The summed E-state index contributed by atoms with van der Waals surface area (Å²) in [6.07, 6.45) is 14.9. The number of aliphatic hydroxyl groups is 1. The lowest BCUT2D eigenvalue weighted by atomic mass is 10.0. The molecule has 2 aromatic heterocycles. The largest absolute Gasteiger partial charge is 0.465 e. The second-order valence-electron chi connectivity index (χ2n) is 8.88. The van der Waals surface area contributed by atoms with Gasteiger partial charge in [0.25, 0.3) is 5.56 Å². The standard InChI is InChI=1S/C24H41N5O4/c1-2-3-4-5-6-7-8-9-10-11-12-13-20(31)33-17-18(14-15-30)16-19-26-21-22(27-19)28-24(25)29-23(21)32/h18,30H,2-17H2,1H3,(H4,25,26,27,28,29,32). The zero-order valence-electron chi connectivity index (χ0n) is 20.0. The smallest absolute Gasteiger partial charge is 0.305 e. The molecule has 0 aliphatic carbocycles. The van der Waals surface area contributed by atoms with Gasteiger partial charge in [-0.1, -0.05) is 71.1 Å². The molecule has 0 fully saturated rings. The fourth-order valence-corrected chi connectivity index (χ4v) is 3.99. The molecule has 0 amide bonds. The molecule has 0 aliphatic rings. The van der Waals surface area contributed by atoms with Crippen molar-refractivity contribution in [3.63, 3.8) is 0 Å². The van der Waals surface area contributed by atoms with Crippen molar-refractivity contribution in [2.24, 2.45) is 5.92 Å². The summed E-state index contributed by atoms with van der Waals surface area (Å²) in [5.41, 5.74) is 5.68. The molecular formula is C24H41N5O4. The fraction of sp³-hybridized carbons (Fsp3) is 0.750. The first kappa shape index (κ1) is 26.8. The number of nitrogens with two attached hydrogens (primary N) is 1.